The largest absolute Gasteiger partial charge is 0.479 e. The van der Waals surface area contributed by atoms with Crippen molar-refractivity contribution in [3.8, 4) is 0 Å². The lowest BCUT2D eigenvalue weighted by molar-refractivity contribution is -0.142. The van der Waals surface area contributed by atoms with Gasteiger partial charge in [-0.15, -0.1) is 0 Å². The summed E-state index contributed by atoms with van der Waals surface area (Å²) in [6, 6.07) is 7.84. The number of amides is 1. The first kappa shape index (κ1) is 17.2. The Kier molecular flexibility index (Phi) is 7.12. The summed E-state index contributed by atoms with van der Waals surface area (Å²) in [6.45, 7) is 0. The number of carboxylic acids is 1. The quantitative estimate of drug-likeness (QED) is 0.559. The van der Waals surface area contributed by atoms with Gasteiger partial charge in [-0.3, -0.25) is 4.79 Å². The van der Waals surface area contributed by atoms with Crippen molar-refractivity contribution in [3.05, 3.63) is 35.9 Å². The number of unbranched alkanes of at least 4 members (excludes halogenated alkanes) is 1. The monoisotopic (exact) mass is 339 g/mol. The SMILES string of the molecule is O=C(CCCCC1CCSS1)N[C@H](C(=O)O)c1ccccc1. The summed E-state index contributed by atoms with van der Waals surface area (Å²) in [5.74, 6) is 0.0105. The highest BCUT2D eigenvalue weighted by molar-refractivity contribution is 8.77. The predicted molar refractivity (Wildman–Crippen MR) is 91.9 cm³/mol. The van der Waals surface area contributed by atoms with E-state index >= 15 is 0 Å². The van der Waals surface area contributed by atoms with Crippen LogP contribution in [0.5, 0.6) is 0 Å². The van der Waals surface area contributed by atoms with E-state index in [-0.39, 0.29) is 5.91 Å². The van der Waals surface area contributed by atoms with Crippen LogP contribution in [0.4, 0.5) is 0 Å². The van der Waals surface area contributed by atoms with Crippen molar-refractivity contribution in [2.24, 2.45) is 0 Å². The van der Waals surface area contributed by atoms with Crippen LogP contribution in [-0.4, -0.2) is 28.0 Å². The molecule has 1 aliphatic rings. The molecule has 0 saturated carbocycles. The molecule has 0 radical (unpaired) electrons. The van der Waals surface area contributed by atoms with E-state index in [1.165, 1.54) is 12.2 Å². The molecule has 120 valence electrons. The van der Waals surface area contributed by atoms with Gasteiger partial charge >= 0.3 is 5.97 Å². The van der Waals surface area contributed by atoms with Gasteiger partial charge in [0.05, 0.1) is 0 Å². The van der Waals surface area contributed by atoms with E-state index in [0.717, 1.165) is 24.5 Å². The van der Waals surface area contributed by atoms with Gasteiger partial charge in [0.25, 0.3) is 0 Å². The number of hydrogen-bond donors (Lipinski definition) is 2. The molecular formula is C16H21NO3S2. The maximum absolute atomic E-state index is 11.9. The minimum atomic E-state index is -1.03. The second-order valence-electron chi connectivity index (χ2n) is 5.32. The average molecular weight is 339 g/mol. The molecule has 6 heteroatoms. The third kappa shape index (κ3) is 5.57. The summed E-state index contributed by atoms with van der Waals surface area (Å²) in [5, 5.41) is 12.6. The van der Waals surface area contributed by atoms with Crippen molar-refractivity contribution in [1.82, 2.24) is 5.32 Å². The van der Waals surface area contributed by atoms with Crippen molar-refractivity contribution in [2.75, 3.05) is 5.75 Å². The first-order chi connectivity index (χ1) is 10.7. The topological polar surface area (TPSA) is 66.4 Å². The maximum Gasteiger partial charge on any atom is 0.330 e. The number of nitrogens with one attached hydrogen (secondary N) is 1. The highest BCUT2D eigenvalue weighted by Crippen LogP contribution is 2.39. The number of carbonyl (C=O) groups is 2. The molecule has 1 heterocycles. The second-order valence-corrected chi connectivity index (χ2v) is 8.11. The standard InChI is InChI=1S/C16H21NO3S2/c18-14(9-5-4-8-13-10-11-21-22-13)17-15(16(19)20)12-6-2-1-3-7-12/h1-3,6-7,13,15H,4-5,8-11H2,(H,17,18)(H,19,20)/t13?,15-/m0/s1. The van der Waals surface area contributed by atoms with Crippen LogP contribution in [-0.2, 0) is 9.59 Å². The van der Waals surface area contributed by atoms with Gasteiger partial charge in [-0.05, 0) is 24.8 Å². The van der Waals surface area contributed by atoms with Gasteiger partial charge in [0.15, 0.2) is 6.04 Å². The van der Waals surface area contributed by atoms with Crippen LogP contribution in [0.3, 0.4) is 0 Å². The molecule has 1 aliphatic heterocycles. The normalized spacial score (nSPS) is 18.8. The lowest BCUT2D eigenvalue weighted by Crippen LogP contribution is -2.33. The molecule has 2 N–H and O–H groups in total. The van der Waals surface area contributed by atoms with Gasteiger partial charge in [0, 0.05) is 17.4 Å². The van der Waals surface area contributed by atoms with Gasteiger partial charge in [-0.25, -0.2) is 4.79 Å². The van der Waals surface area contributed by atoms with Crippen molar-refractivity contribution >= 4 is 33.5 Å². The van der Waals surface area contributed by atoms with E-state index in [4.69, 9.17) is 0 Å². The van der Waals surface area contributed by atoms with Gasteiger partial charge < -0.3 is 10.4 Å². The maximum atomic E-state index is 11.9. The Morgan fingerprint density at radius 2 is 2.05 bits per heavy atom. The van der Waals surface area contributed by atoms with Gasteiger partial charge in [0.2, 0.25) is 5.91 Å². The molecule has 1 fully saturated rings. The van der Waals surface area contributed by atoms with Crippen LogP contribution >= 0.6 is 21.6 Å². The predicted octanol–water partition coefficient (Wildman–Crippen LogP) is 3.64. The Balaban J connectivity index is 1.73. The molecule has 4 nitrogen and oxygen atoms in total. The van der Waals surface area contributed by atoms with Crippen molar-refractivity contribution in [3.63, 3.8) is 0 Å². The minimum Gasteiger partial charge on any atom is -0.479 e. The molecule has 1 amide bonds. The molecule has 2 rings (SSSR count). The Morgan fingerprint density at radius 1 is 1.27 bits per heavy atom. The summed E-state index contributed by atoms with van der Waals surface area (Å²) < 4.78 is 0. The number of aliphatic carboxylic acids is 1. The summed E-state index contributed by atoms with van der Waals surface area (Å²) >= 11 is 0. The number of rotatable bonds is 8. The fourth-order valence-electron chi connectivity index (χ4n) is 2.39. The molecule has 1 saturated heterocycles. The number of carboxylic acid groups (broad SMARTS) is 1. The Labute approximate surface area is 138 Å². The molecule has 0 bridgehead atoms. The highest BCUT2D eigenvalue weighted by Gasteiger charge is 2.21. The van der Waals surface area contributed by atoms with E-state index in [9.17, 15) is 14.7 Å². The van der Waals surface area contributed by atoms with Gasteiger partial charge in [-0.1, -0.05) is 58.3 Å². The van der Waals surface area contributed by atoms with Crippen molar-refractivity contribution in [2.45, 2.75) is 43.4 Å². The molecule has 1 unspecified atom stereocenters. The third-order valence-electron chi connectivity index (χ3n) is 3.59. The zero-order chi connectivity index (χ0) is 15.8. The van der Waals surface area contributed by atoms with Crippen LogP contribution in [0.2, 0.25) is 0 Å². The number of hydrogen-bond acceptors (Lipinski definition) is 4. The molecule has 2 atom stereocenters. The summed E-state index contributed by atoms with van der Waals surface area (Å²) in [6.07, 6.45) is 4.63. The number of carbonyl (C=O) groups excluding carboxylic acids is 1. The molecule has 0 spiro atoms. The van der Waals surface area contributed by atoms with Crippen LogP contribution in [0.25, 0.3) is 0 Å². The highest BCUT2D eigenvalue weighted by atomic mass is 33.1. The lowest BCUT2D eigenvalue weighted by Gasteiger charge is -2.15. The lowest BCUT2D eigenvalue weighted by atomic mass is 10.1. The Bertz CT molecular complexity index is 489. The fourth-order valence-corrected chi connectivity index (χ4v) is 5.42. The Morgan fingerprint density at radius 3 is 2.68 bits per heavy atom. The minimum absolute atomic E-state index is 0.190. The zero-order valence-electron chi connectivity index (χ0n) is 12.4. The summed E-state index contributed by atoms with van der Waals surface area (Å²) in [5.41, 5.74) is 0.600. The molecular weight excluding hydrogens is 318 g/mol. The molecule has 0 aromatic heterocycles. The molecule has 1 aromatic carbocycles. The van der Waals surface area contributed by atoms with Crippen LogP contribution < -0.4 is 5.32 Å². The fraction of sp³-hybridized carbons (Fsp3) is 0.500. The van der Waals surface area contributed by atoms with E-state index in [2.05, 4.69) is 5.32 Å². The first-order valence-electron chi connectivity index (χ1n) is 7.52. The smallest absolute Gasteiger partial charge is 0.330 e. The molecule has 1 aromatic rings. The van der Waals surface area contributed by atoms with Crippen molar-refractivity contribution < 1.29 is 14.7 Å². The molecule has 0 aliphatic carbocycles. The van der Waals surface area contributed by atoms with E-state index in [0.29, 0.717) is 12.0 Å². The second kappa shape index (κ2) is 9.10. The third-order valence-corrected chi connectivity index (χ3v) is 6.60. The van der Waals surface area contributed by atoms with Gasteiger partial charge in [-0.2, -0.15) is 0 Å². The summed E-state index contributed by atoms with van der Waals surface area (Å²) in [7, 11) is 3.88. The average Bonchev–Trinajstić information content (AvgIpc) is 3.03. The van der Waals surface area contributed by atoms with E-state index < -0.39 is 12.0 Å². The van der Waals surface area contributed by atoms with Crippen LogP contribution in [0.15, 0.2) is 30.3 Å². The molecule has 22 heavy (non-hydrogen) atoms. The van der Waals surface area contributed by atoms with Gasteiger partial charge in [0.1, 0.15) is 0 Å². The van der Waals surface area contributed by atoms with E-state index in [1.807, 2.05) is 27.7 Å². The Hall–Kier alpha value is -1.14. The number of benzene rings is 1. The van der Waals surface area contributed by atoms with E-state index in [1.54, 1.807) is 24.3 Å². The van der Waals surface area contributed by atoms with Crippen LogP contribution in [0.1, 0.15) is 43.7 Å². The van der Waals surface area contributed by atoms with Crippen LogP contribution in [0, 0.1) is 0 Å². The summed E-state index contributed by atoms with van der Waals surface area (Å²) in [4.78, 5) is 23.3. The zero-order valence-corrected chi connectivity index (χ0v) is 14.0. The van der Waals surface area contributed by atoms with Crippen molar-refractivity contribution in [1.29, 1.82) is 0 Å². The first-order valence-corrected chi connectivity index (χ1v) is 9.90.